The largest absolute Gasteiger partial charge is 0.315 e. The molecule has 2 rings (SSSR count). The third-order valence-corrected chi connectivity index (χ3v) is 3.20. The molecule has 0 aromatic carbocycles. The van der Waals surface area contributed by atoms with E-state index in [0.717, 1.165) is 13.1 Å². The normalized spacial score (nSPS) is 19.4. The van der Waals surface area contributed by atoms with E-state index >= 15 is 0 Å². The van der Waals surface area contributed by atoms with Crippen molar-refractivity contribution < 1.29 is 0 Å². The lowest BCUT2D eigenvalue weighted by molar-refractivity contribution is 0.432. The number of aryl methyl sites for hydroxylation is 1. The lowest BCUT2D eigenvalue weighted by Crippen LogP contribution is -2.40. The van der Waals surface area contributed by atoms with Gasteiger partial charge in [0.2, 0.25) is 0 Å². The molecule has 2 heterocycles. The van der Waals surface area contributed by atoms with Gasteiger partial charge >= 0.3 is 0 Å². The maximum Gasteiger partial charge on any atom is 0.0715 e. The lowest BCUT2D eigenvalue weighted by atomic mass is 9.90. The van der Waals surface area contributed by atoms with E-state index in [1.54, 1.807) is 0 Å². The van der Waals surface area contributed by atoms with E-state index in [-0.39, 0.29) is 0 Å². The molecular formula is C11H19N3. The van der Waals surface area contributed by atoms with Gasteiger partial charge in [0.15, 0.2) is 0 Å². The van der Waals surface area contributed by atoms with Crippen LogP contribution in [0.1, 0.15) is 43.4 Å². The van der Waals surface area contributed by atoms with Crippen LogP contribution in [0.15, 0.2) is 6.20 Å². The van der Waals surface area contributed by atoms with Gasteiger partial charge in [-0.3, -0.25) is 4.68 Å². The first kappa shape index (κ1) is 9.71. The topological polar surface area (TPSA) is 29.9 Å². The average Bonchev–Trinajstić information content (AvgIpc) is 2.43. The van der Waals surface area contributed by atoms with Gasteiger partial charge in [-0.2, -0.15) is 5.10 Å². The summed E-state index contributed by atoms with van der Waals surface area (Å²) in [6.07, 6.45) is 3.38. The molecule has 1 saturated heterocycles. The molecule has 0 spiro atoms. The standard InChI is InChI=1S/C11H19N3/c1-4-8(2)10-7-14(3)13-11(10)9-5-12-6-9/h7-9,12H,4-6H2,1-3H3. The highest BCUT2D eigenvalue weighted by Gasteiger charge is 2.26. The van der Waals surface area contributed by atoms with Crippen LogP contribution in [0.4, 0.5) is 0 Å². The van der Waals surface area contributed by atoms with E-state index in [9.17, 15) is 0 Å². The van der Waals surface area contributed by atoms with Crippen molar-refractivity contribution >= 4 is 0 Å². The summed E-state index contributed by atoms with van der Waals surface area (Å²) in [6, 6.07) is 0. The van der Waals surface area contributed by atoms with E-state index in [2.05, 4.69) is 30.5 Å². The van der Waals surface area contributed by atoms with Gasteiger partial charge in [0, 0.05) is 32.3 Å². The fourth-order valence-electron chi connectivity index (χ4n) is 1.92. The number of hydrogen-bond donors (Lipinski definition) is 1. The number of nitrogens with zero attached hydrogens (tertiary/aromatic N) is 2. The third kappa shape index (κ3) is 1.57. The van der Waals surface area contributed by atoms with Crippen LogP contribution in [-0.2, 0) is 7.05 Å². The van der Waals surface area contributed by atoms with Gasteiger partial charge in [0.25, 0.3) is 0 Å². The second kappa shape index (κ2) is 3.73. The summed E-state index contributed by atoms with van der Waals surface area (Å²) in [5, 5.41) is 7.88. The number of hydrogen-bond acceptors (Lipinski definition) is 2. The van der Waals surface area contributed by atoms with Crippen molar-refractivity contribution in [3.05, 3.63) is 17.5 Å². The third-order valence-electron chi connectivity index (χ3n) is 3.20. The van der Waals surface area contributed by atoms with E-state index in [0.29, 0.717) is 11.8 Å². The second-order valence-electron chi connectivity index (χ2n) is 4.31. The molecular weight excluding hydrogens is 174 g/mol. The number of rotatable bonds is 3. The molecule has 1 N–H and O–H groups in total. The Labute approximate surface area is 85.5 Å². The zero-order chi connectivity index (χ0) is 10.1. The first-order chi connectivity index (χ1) is 6.72. The van der Waals surface area contributed by atoms with Gasteiger partial charge in [-0.05, 0) is 17.9 Å². The molecule has 1 aliphatic heterocycles. The van der Waals surface area contributed by atoms with Crippen LogP contribution in [0.3, 0.4) is 0 Å². The van der Waals surface area contributed by atoms with Gasteiger partial charge < -0.3 is 5.32 Å². The Bertz CT molecular complexity index is 290. The fourth-order valence-corrected chi connectivity index (χ4v) is 1.92. The van der Waals surface area contributed by atoms with E-state index in [4.69, 9.17) is 0 Å². The molecule has 78 valence electrons. The summed E-state index contributed by atoms with van der Waals surface area (Å²) < 4.78 is 1.95. The Morgan fingerprint density at radius 2 is 2.36 bits per heavy atom. The Kier molecular flexibility index (Phi) is 2.59. The van der Waals surface area contributed by atoms with E-state index in [1.807, 2.05) is 11.7 Å². The SMILES string of the molecule is CCC(C)c1cn(C)nc1C1CNC1. The van der Waals surface area contributed by atoms with Crippen molar-refractivity contribution in [2.24, 2.45) is 7.05 Å². The van der Waals surface area contributed by atoms with Crippen molar-refractivity contribution in [2.45, 2.75) is 32.1 Å². The van der Waals surface area contributed by atoms with Gasteiger partial charge in [0.05, 0.1) is 5.69 Å². The second-order valence-corrected chi connectivity index (χ2v) is 4.31. The summed E-state index contributed by atoms with van der Waals surface area (Å²) in [5.41, 5.74) is 2.77. The van der Waals surface area contributed by atoms with Gasteiger partial charge in [-0.25, -0.2) is 0 Å². The van der Waals surface area contributed by atoms with Crippen molar-refractivity contribution in [3.63, 3.8) is 0 Å². The molecule has 0 aliphatic carbocycles. The number of aromatic nitrogens is 2. The maximum atomic E-state index is 4.58. The monoisotopic (exact) mass is 193 g/mol. The predicted molar refractivity (Wildman–Crippen MR) is 57.5 cm³/mol. The average molecular weight is 193 g/mol. The summed E-state index contributed by atoms with van der Waals surface area (Å²) >= 11 is 0. The Hall–Kier alpha value is -0.830. The van der Waals surface area contributed by atoms with Crippen LogP contribution in [0, 0.1) is 0 Å². The Morgan fingerprint density at radius 1 is 1.64 bits per heavy atom. The van der Waals surface area contributed by atoms with Crippen LogP contribution >= 0.6 is 0 Å². The van der Waals surface area contributed by atoms with Crippen molar-refractivity contribution in [2.75, 3.05) is 13.1 Å². The van der Waals surface area contributed by atoms with E-state index < -0.39 is 0 Å². The van der Waals surface area contributed by atoms with Gasteiger partial charge in [-0.1, -0.05) is 13.8 Å². The highest BCUT2D eigenvalue weighted by molar-refractivity contribution is 5.27. The number of nitrogens with one attached hydrogen (secondary N) is 1. The molecule has 1 fully saturated rings. The smallest absolute Gasteiger partial charge is 0.0715 e. The summed E-state index contributed by atoms with van der Waals surface area (Å²) in [7, 11) is 2.02. The fraction of sp³-hybridized carbons (Fsp3) is 0.727. The van der Waals surface area contributed by atoms with E-state index in [1.165, 1.54) is 17.7 Å². The van der Waals surface area contributed by atoms with Gasteiger partial charge in [-0.15, -0.1) is 0 Å². The molecule has 3 heteroatoms. The molecule has 1 atom stereocenters. The minimum atomic E-state index is 0.638. The van der Waals surface area contributed by atoms with Crippen LogP contribution in [0.2, 0.25) is 0 Å². The molecule has 1 unspecified atom stereocenters. The Balaban J connectivity index is 2.27. The maximum absolute atomic E-state index is 4.58. The predicted octanol–water partition coefficient (Wildman–Crippen LogP) is 1.62. The molecule has 1 aliphatic rings. The summed E-state index contributed by atoms with van der Waals surface area (Å²) in [6.45, 7) is 6.72. The molecule has 0 saturated carbocycles. The molecule has 14 heavy (non-hydrogen) atoms. The van der Waals surface area contributed by atoms with Crippen LogP contribution < -0.4 is 5.32 Å². The zero-order valence-electron chi connectivity index (χ0n) is 9.25. The highest BCUT2D eigenvalue weighted by atomic mass is 15.3. The molecule has 3 nitrogen and oxygen atoms in total. The lowest BCUT2D eigenvalue weighted by Gasteiger charge is -2.27. The van der Waals surface area contributed by atoms with Crippen molar-refractivity contribution in [1.29, 1.82) is 0 Å². The highest BCUT2D eigenvalue weighted by Crippen LogP contribution is 2.28. The van der Waals surface area contributed by atoms with Crippen molar-refractivity contribution in [1.82, 2.24) is 15.1 Å². The summed E-state index contributed by atoms with van der Waals surface area (Å²) in [4.78, 5) is 0. The molecule has 1 aromatic rings. The zero-order valence-corrected chi connectivity index (χ0v) is 9.25. The molecule has 0 bridgehead atoms. The Morgan fingerprint density at radius 3 is 2.86 bits per heavy atom. The molecule has 0 amide bonds. The van der Waals surface area contributed by atoms with Crippen LogP contribution in [-0.4, -0.2) is 22.9 Å². The summed E-state index contributed by atoms with van der Waals surface area (Å²) in [5.74, 6) is 1.29. The van der Waals surface area contributed by atoms with Crippen molar-refractivity contribution in [3.8, 4) is 0 Å². The molecule has 1 aromatic heterocycles. The van der Waals surface area contributed by atoms with Crippen LogP contribution in [0.25, 0.3) is 0 Å². The quantitative estimate of drug-likeness (QED) is 0.790. The minimum absolute atomic E-state index is 0.638. The molecule has 0 radical (unpaired) electrons. The first-order valence-corrected chi connectivity index (χ1v) is 5.46. The minimum Gasteiger partial charge on any atom is -0.315 e. The van der Waals surface area contributed by atoms with Crippen LogP contribution in [0.5, 0.6) is 0 Å². The first-order valence-electron chi connectivity index (χ1n) is 5.46. The van der Waals surface area contributed by atoms with Gasteiger partial charge in [0.1, 0.15) is 0 Å².